The van der Waals surface area contributed by atoms with Crippen molar-refractivity contribution in [1.82, 2.24) is 10.2 Å². The summed E-state index contributed by atoms with van der Waals surface area (Å²) in [6, 6.07) is 7.80. The summed E-state index contributed by atoms with van der Waals surface area (Å²) in [5.74, 6) is 0. The van der Waals surface area contributed by atoms with Crippen LogP contribution in [-0.2, 0) is 6.54 Å². The van der Waals surface area contributed by atoms with Crippen molar-refractivity contribution in [2.24, 2.45) is 0 Å². The number of halogens is 2. The van der Waals surface area contributed by atoms with Crippen LogP contribution in [0.3, 0.4) is 0 Å². The molecule has 0 amide bonds. The van der Waals surface area contributed by atoms with Crippen LogP contribution in [0.25, 0.3) is 0 Å². The van der Waals surface area contributed by atoms with E-state index in [9.17, 15) is 0 Å². The molecular formula is C15H20BrClN2. The van der Waals surface area contributed by atoms with E-state index in [1.54, 1.807) is 0 Å². The zero-order chi connectivity index (χ0) is 13.2. The summed E-state index contributed by atoms with van der Waals surface area (Å²) < 4.78 is 0.980. The molecular weight excluding hydrogens is 324 g/mol. The summed E-state index contributed by atoms with van der Waals surface area (Å²) in [6.45, 7) is 3.39. The highest BCUT2D eigenvalue weighted by molar-refractivity contribution is 9.10. The Kier molecular flexibility index (Phi) is 4.47. The molecule has 1 aliphatic heterocycles. The van der Waals surface area contributed by atoms with Gasteiger partial charge in [0.15, 0.2) is 0 Å². The second kappa shape index (κ2) is 6.13. The predicted octanol–water partition coefficient (Wildman–Crippen LogP) is 3.82. The first-order valence-electron chi connectivity index (χ1n) is 7.14. The zero-order valence-electron chi connectivity index (χ0n) is 11.0. The maximum Gasteiger partial charge on any atom is 0.0551 e. The van der Waals surface area contributed by atoms with Gasteiger partial charge in [-0.05, 0) is 65.9 Å². The van der Waals surface area contributed by atoms with Crippen molar-refractivity contribution in [3.63, 3.8) is 0 Å². The topological polar surface area (TPSA) is 15.3 Å². The van der Waals surface area contributed by atoms with Gasteiger partial charge in [0, 0.05) is 29.6 Å². The maximum atomic E-state index is 6.19. The van der Waals surface area contributed by atoms with Gasteiger partial charge in [-0.3, -0.25) is 4.90 Å². The second-order valence-electron chi connectivity index (χ2n) is 5.70. The smallest absolute Gasteiger partial charge is 0.0551 e. The Balaban J connectivity index is 1.64. The summed E-state index contributed by atoms with van der Waals surface area (Å²) in [4.78, 5) is 2.63. The lowest BCUT2D eigenvalue weighted by Crippen LogP contribution is -2.38. The molecule has 1 atom stereocenters. The van der Waals surface area contributed by atoms with E-state index in [-0.39, 0.29) is 0 Å². The van der Waals surface area contributed by atoms with Crippen LogP contribution in [-0.4, -0.2) is 30.1 Å². The molecule has 1 heterocycles. The molecule has 0 bridgehead atoms. The molecule has 0 aromatic heterocycles. The van der Waals surface area contributed by atoms with E-state index in [0.29, 0.717) is 6.04 Å². The van der Waals surface area contributed by atoms with Gasteiger partial charge in [0.1, 0.15) is 0 Å². The van der Waals surface area contributed by atoms with Crippen molar-refractivity contribution in [3.05, 3.63) is 33.3 Å². The van der Waals surface area contributed by atoms with E-state index in [2.05, 4.69) is 44.3 Å². The first-order valence-corrected chi connectivity index (χ1v) is 8.31. The van der Waals surface area contributed by atoms with Gasteiger partial charge in [-0.15, -0.1) is 0 Å². The highest BCUT2D eigenvalue weighted by Crippen LogP contribution is 2.30. The number of hydrogen-bond acceptors (Lipinski definition) is 2. The first-order chi connectivity index (χ1) is 9.22. The van der Waals surface area contributed by atoms with Gasteiger partial charge >= 0.3 is 0 Å². The minimum Gasteiger partial charge on any atom is -0.313 e. The molecule has 1 saturated carbocycles. The van der Waals surface area contributed by atoms with Crippen LogP contribution in [0.4, 0.5) is 0 Å². The molecule has 1 aromatic rings. The van der Waals surface area contributed by atoms with Crippen LogP contribution in [0.1, 0.15) is 31.2 Å². The second-order valence-corrected chi connectivity index (χ2v) is 6.96. The van der Waals surface area contributed by atoms with E-state index >= 15 is 0 Å². The molecule has 3 rings (SSSR count). The first kappa shape index (κ1) is 13.9. The molecule has 1 saturated heterocycles. The predicted molar refractivity (Wildman–Crippen MR) is 83.6 cm³/mol. The summed E-state index contributed by atoms with van der Waals surface area (Å²) in [7, 11) is 0. The summed E-state index contributed by atoms with van der Waals surface area (Å²) in [5, 5.41) is 4.41. The van der Waals surface area contributed by atoms with E-state index in [1.807, 2.05) is 0 Å². The zero-order valence-corrected chi connectivity index (χ0v) is 13.4. The largest absolute Gasteiger partial charge is 0.313 e. The van der Waals surface area contributed by atoms with Crippen molar-refractivity contribution in [1.29, 1.82) is 0 Å². The van der Waals surface area contributed by atoms with Crippen LogP contribution < -0.4 is 5.32 Å². The fourth-order valence-corrected chi connectivity index (χ4v) is 3.30. The van der Waals surface area contributed by atoms with Crippen LogP contribution >= 0.6 is 27.5 Å². The monoisotopic (exact) mass is 342 g/mol. The van der Waals surface area contributed by atoms with Crippen LogP contribution in [0.15, 0.2) is 22.7 Å². The Labute approximate surface area is 128 Å². The van der Waals surface area contributed by atoms with Crippen LogP contribution in [0, 0.1) is 0 Å². The normalized spacial score (nSPS) is 23.2. The van der Waals surface area contributed by atoms with Gasteiger partial charge in [0.25, 0.3) is 0 Å². The molecule has 1 N–H and O–H groups in total. The Morgan fingerprint density at radius 3 is 2.79 bits per heavy atom. The molecule has 2 fully saturated rings. The Bertz CT molecular complexity index is 442. The number of benzene rings is 1. The molecule has 1 aromatic carbocycles. The average Bonchev–Trinajstić information content (AvgIpc) is 3.12. The lowest BCUT2D eigenvalue weighted by atomic mass is 10.1. The van der Waals surface area contributed by atoms with Gasteiger partial charge in [-0.1, -0.05) is 17.7 Å². The maximum absolute atomic E-state index is 6.19. The van der Waals surface area contributed by atoms with Crippen molar-refractivity contribution >= 4 is 27.5 Å². The Morgan fingerprint density at radius 2 is 2.16 bits per heavy atom. The fourth-order valence-electron chi connectivity index (χ4n) is 2.85. The molecule has 0 spiro atoms. The van der Waals surface area contributed by atoms with Crippen molar-refractivity contribution in [3.8, 4) is 0 Å². The van der Waals surface area contributed by atoms with Gasteiger partial charge in [0.05, 0.1) is 5.02 Å². The minimum atomic E-state index is 0.687. The van der Waals surface area contributed by atoms with E-state index < -0.39 is 0 Å². The van der Waals surface area contributed by atoms with Crippen molar-refractivity contribution in [2.75, 3.05) is 13.1 Å². The average molecular weight is 344 g/mol. The Morgan fingerprint density at radius 1 is 1.32 bits per heavy atom. The van der Waals surface area contributed by atoms with Crippen LogP contribution in [0.2, 0.25) is 5.02 Å². The number of rotatable bonds is 5. The lowest BCUT2D eigenvalue weighted by molar-refractivity contribution is 0.231. The third-order valence-electron chi connectivity index (χ3n) is 4.05. The molecule has 2 nitrogen and oxygen atoms in total. The van der Waals surface area contributed by atoms with Gasteiger partial charge in [0.2, 0.25) is 0 Å². The van der Waals surface area contributed by atoms with Gasteiger partial charge in [-0.2, -0.15) is 0 Å². The molecule has 4 heteroatoms. The molecule has 2 aliphatic rings. The van der Waals surface area contributed by atoms with Gasteiger partial charge in [-0.25, -0.2) is 0 Å². The Hall–Kier alpha value is -0.0900. The molecule has 104 valence electrons. The van der Waals surface area contributed by atoms with E-state index in [4.69, 9.17) is 11.6 Å². The quantitative estimate of drug-likeness (QED) is 0.874. The third kappa shape index (κ3) is 3.72. The fraction of sp³-hybridized carbons (Fsp3) is 0.600. The van der Waals surface area contributed by atoms with E-state index in [1.165, 1.54) is 44.3 Å². The molecule has 0 radical (unpaired) electrons. The van der Waals surface area contributed by atoms with Gasteiger partial charge < -0.3 is 5.32 Å². The molecule has 1 unspecified atom stereocenters. The summed E-state index contributed by atoms with van der Waals surface area (Å²) >= 11 is 9.64. The van der Waals surface area contributed by atoms with Crippen molar-refractivity contribution in [2.45, 2.75) is 44.3 Å². The lowest BCUT2D eigenvalue weighted by Gasteiger charge is -2.25. The van der Waals surface area contributed by atoms with Crippen LogP contribution in [0.5, 0.6) is 0 Å². The van der Waals surface area contributed by atoms with E-state index in [0.717, 1.165) is 22.1 Å². The third-order valence-corrected chi connectivity index (χ3v) is 5.28. The SMILES string of the molecule is Clc1cc(CN(CC2CCCN2)C2CC2)ccc1Br. The molecule has 1 aliphatic carbocycles. The number of nitrogens with one attached hydrogen (secondary N) is 1. The summed E-state index contributed by atoms with van der Waals surface area (Å²) in [5.41, 5.74) is 1.32. The number of nitrogens with zero attached hydrogens (tertiary/aromatic N) is 1. The summed E-state index contributed by atoms with van der Waals surface area (Å²) in [6.07, 6.45) is 5.37. The standard InChI is InChI=1S/C15H20BrClN2/c16-14-6-3-11(8-15(14)17)9-19(13-4-5-13)10-12-2-1-7-18-12/h3,6,8,12-13,18H,1-2,4-5,7,9-10H2. The highest BCUT2D eigenvalue weighted by Gasteiger charge is 2.31. The minimum absolute atomic E-state index is 0.687. The number of hydrogen-bond donors (Lipinski definition) is 1. The highest BCUT2D eigenvalue weighted by atomic mass is 79.9. The molecule has 19 heavy (non-hydrogen) atoms. The van der Waals surface area contributed by atoms with Crippen molar-refractivity contribution < 1.29 is 0 Å².